The van der Waals surface area contributed by atoms with Crippen LogP contribution in [0.5, 0.6) is 23.0 Å². The molecule has 2 aliphatic rings. The van der Waals surface area contributed by atoms with Crippen molar-refractivity contribution in [3.05, 3.63) is 87.5 Å². The van der Waals surface area contributed by atoms with Crippen molar-refractivity contribution in [1.82, 2.24) is 0 Å². The van der Waals surface area contributed by atoms with Gasteiger partial charge in [-0.3, -0.25) is 0 Å². The van der Waals surface area contributed by atoms with Crippen molar-refractivity contribution < 1.29 is 18.9 Å². The van der Waals surface area contributed by atoms with Crippen molar-refractivity contribution in [3.8, 4) is 23.0 Å². The minimum Gasteiger partial charge on any atom is -0.496 e. The standard InChI is InChI=1S/C37H46O4/c1-12-13-25-16-22(3)32-28(17-25)23(4)35(40-32)37(8,9)27-18-29-24(5)34(41-33(29)31(20-27)39-11)36(6,7)26-15-14-21(2)30(19-26)38-10/h12-20,23-24,34-35H,1-11H3. The Morgan fingerprint density at radius 1 is 0.683 bits per heavy atom. The molecule has 0 radical (unpaired) electrons. The quantitative estimate of drug-likeness (QED) is 0.292. The Morgan fingerprint density at radius 2 is 1.24 bits per heavy atom. The van der Waals surface area contributed by atoms with Gasteiger partial charge < -0.3 is 18.9 Å². The molecular formula is C37H46O4. The van der Waals surface area contributed by atoms with E-state index in [-0.39, 0.29) is 34.9 Å². The summed E-state index contributed by atoms with van der Waals surface area (Å²) in [7, 11) is 3.47. The van der Waals surface area contributed by atoms with Crippen molar-refractivity contribution in [2.75, 3.05) is 14.2 Å². The van der Waals surface area contributed by atoms with E-state index in [9.17, 15) is 0 Å². The molecule has 0 aromatic heterocycles. The normalized spacial score (nSPS) is 21.8. The number of ether oxygens (including phenoxy) is 4. The lowest BCUT2D eigenvalue weighted by atomic mass is 9.71. The number of fused-ring (bicyclic) bond motifs is 2. The van der Waals surface area contributed by atoms with Crippen molar-refractivity contribution in [2.24, 2.45) is 0 Å². The number of allylic oxidation sites excluding steroid dienone is 1. The van der Waals surface area contributed by atoms with Gasteiger partial charge in [-0.15, -0.1) is 0 Å². The Morgan fingerprint density at radius 3 is 1.85 bits per heavy atom. The van der Waals surface area contributed by atoms with Gasteiger partial charge >= 0.3 is 0 Å². The zero-order valence-electron chi connectivity index (χ0n) is 26.6. The van der Waals surface area contributed by atoms with Crippen molar-refractivity contribution in [2.45, 2.75) is 97.2 Å². The minimum absolute atomic E-state index is 0.00954. The van der Waals surface area contributed by atoms with Gasteiger partial charge in [0.1, 0.15) is 23.7 Å². The van der Waals surface area contributed by atoms with Gasteiger partial charge in [0.05, 0.1) is 14.2 Å². The Bertz CT molecular complexity index is 1500. The molecule has 0 amide bonds. The highest BCUT2D eigenvalue weighted by molar-refractivity contribution is 5.60. The summed E-state index contributed by atoms with van der Waals surface area (Å²) in [6.07, 6.45) is 4.18. The molecule has 0 fully saturated rings. The monoisotopic (exact) mass is 554 g/mol. The molecule has 5 rings (SSSR count). The molecular weight excluding hydrogens is 508 g/mol. The summed E-state index contributed by atoms with van der Waals surface area (Å²) >= 11 is 0. The SMILES string of the molecule is CC=Cc1cc(C)c2c(c1)C(C)C(C(C)(C)c1cc(OC)c3c(c1)C(C)C(C(C)(C)c1ccc(C)c(OC)c1)O3)O2. The van der Waals surface area contributed by atoms with Crippen LogP contribution in [0.1, 0.15) is 99.2 Å². The van der Waals surface area contributed by atoms with Crippen LogP contribution in [0, 0.1) is 13.8 Å². The maximum Gasteiger partial charge on any atom is 0.165 e. The van der Waals surface area contributed by atoms with Crippen LogP contribution in [0.15, 0.2) is 48.5 Å². The van der Waals surface area contributed by atoms with E-state index in [1.54, 1.807) is 14.2 Å². The molecule has 0 saturated carbocycles. The van der Waals surface area contributed by atoms with E-state index in [1.165, 1.54) is 33.4 Å². The molecule has 0 bridgehead atoms. The third kappa shape index (κ3) is 4.70. The molecule has 218 valence electrons. The lowest BCUT2D eigenvalue weighted by molar-refractivity contribution is 0.126. The summed E-state index contributed by atoms with van der Waals surface area (Å²) in [5.41, 5.74) is 7.89. The summed E-state index contributed by atoms with van der Waals surface area (Å²) in [5.74, 6) is 3.99. The fourth-order valence-electron chi connectivity index (χ4n) is 7.11. The van der Waals surface area contributed by atoms with Crippen LogP contribution in [0.25, 0.3) is 6.08 Å². The van der Waals surface area contributed by atoms with Gasteiger partial charge in [0.25, 0.3) is 0 Å². The average Bonchev–Trinajstić information content (AvgIpc) is 3.46. The summed E-state index contributed by atoms with van der Waals surface area (Å²) in [6.45, 7) is 20.0. The molecule has 2 heterocycles. The van der Waals surface area contributed by atoms with E-state index < -0.39 is 0 Å². The van der Waals surface area contributed by atoms with Crippen LogP contribution in [0.3, 0.4) is 0 Å². The first-order valence-electron chi connectivity index (χ1n) is 14.8. The van der Waals surface area contributed by atoms with Gasteiger partial charge in [0.2, 0.25) is 0 Å². The lowest BCUT2D eigenvalue weighted by Crippen LogP contribution is -2.39. The topological polar surface area (TPSA) is 36.9 Å². The molecule has 0 spiro atoms. The summed E-state index contributed by atoms with van der Waals surface area (Å²) in [4.78, 5) is 0. The van der Waals surface area contributed by atoms with E-state index in [4.69, 9.17) is 18.9 Å². The molecule has 3 aromatic rings. The molecule has 0 saturated heterocycles. The lowest BCUT2D eigenvalue weighted by Gasteiger charge is -2.35. The number of aryl methyl sites for hydroxylation is 2. The Hall–Kier alpha value is -3.40. The van der Waals surface area contributed by atoms with Crippen LogP contribution in [-0.2, 0) is 10.8 Å². The molecule has 3 aromatic carbocycles. The minimum atomic E-state index is -0.272. The Balaban J connectivity index is 1.51. The molecule has 4 nitrogen and oxygen atoms in total. The molecule has 4 atom stereocenters. The van der Waals surface area contributed by atoms with Crippen LogP contribution in [0.2, 0.25) is 0 Å². The third-order valence-electron chi connectivity index (χ3n) is 9.69. The maximum absolute atomic E-state index is 6.78. The van der Waals surface area contributed by atoms with Crippen molar-refractivity contribution in [3.63, 3.8) is 0 Å². The fraction of sp³-hybridized carbons (Fsp3) is 0.459. The van der Waals surface area contributed by atoms with Gasteiger partial charge in [-0.05, 0) is 72.9 Å². The number of hydrogen-bond donors (Lipinski definition) is 0. The predicted molar refractivity (Wildman–Crippen MR) is 168 cm³/mol. The summed E-state index contributed by atoms with van der Waals surface area (Å²) in [6, 6.07) is 15.5. The fourth-order valence-corrected chi connectivity index (χ4v) is 7.11. The number of benzene rings is 3. The summed E-state index contributed by atoms with van der Waals surface area (Å²) < 4.78 is 25.2. The predicted octanol–water partition coefficient (Wildman–Crippen LogP) is 9.04. The van der Waals surface area contributed by atoms with E-state index in [2.05, 4.69) is 117 Å². The molecule has 0 N–H and O–H groups in total. The van der Waals surface area contributed by atoms with E-state index >= 15 is 0 Å². The molecule has 0 aliphatic carbocycles. The van der Waals surface area contributed by atoms with Gasteiger partial charge in [-0.1, -0.05) is 71.9 Å². The maximum atomic E-state index is 6.78. The molecule has 4 heteroatoms. The van der Waals surface area contributed by atoms with Crippen LogP contribution in [0.4, 0.5) is 0 Å². The smallest absolute Gasteiger partial charge is 0.165 e. The highest BCUT2D eigenvalue weighted by Gasteiger charge is 2.47. The first-order valence-corrected chi connectivity index (χ1v) is 14.8. The second kappa shape index (κ2) is 10.5. The van der Waals surface area contributed by atoms with Crippen LogP contribution in [-0.4, -0.2) is 26.4 Å². The second-order valence-electron chi connectivity index (χ2n) is 13.1. The van der Waals surface area contributed by atoms with E-state index in [1.807, 2.05) is 0 Å². The zero-order chi connectivity index (χ0) is 29.9. The highest BCUT2D eigenvalue weighted by atomic mass is 16.5. The molecule has 41 heavy (non-hydrogen) atoms. The second-order valence-corrected chi connectivity index (χ2v) is 13.1. The number of hydrogen-bond acceptors (Lipinski definition) is 4. The van der Waals surface area contributed by atoms with Gasteiger partial charge in [-0.25, -0.2) is 0 Å². The largest absolute Gasteiger partial charge is 0.496 e. The number of rotatable bonds is 7. The molecule has 2 aliphatic heterocycles. The Labute approximate surface area is 246 Å². The zero-order valence-corrected chi connectivity index (χ0v) is 26.6. The summed E-state index contributed by atoms with van der Waals surface area (Å²) in [5, 5.41) is 0. The third-order valence-corrected chi connectivity index (χ3v) is 9.69. The van der Waals surface area contributed by atoms with Crippen molar-refractivity contribution in [1.29, 1.82) is 0 Å². The van der Waals surface area contributed by atoms with Gasteiger partial charge in [0.15, 0.2) is 11.5 Å². The first-order chi connectivity index (χ1) is 19.3. The van der Waals surface area contributed by atoms with E-state index in [0.29, 0.717) is 0 Å². The average molecular weight is 555 g/mol. The number of methoxy groups -OCH3 is 2. The van der Waals surface area contributed by atoms with Gasteiger partial charge in [-0.2, -0.15) is 0 Å². The Kier molecular flexibility index (Phi) is 7.42. The van der Waals surface area contributed by atoms with E-state index in [0.717, 1.165) is 28.6 Å². The van der Waals surface area contributed by atoms with Gasteiger partial charge in [0, 0.05) is 33.8 Å². The highest BCUT2D eigenvalue weighted by Crippen LogP contribution is 2.54. The first kappa shape index (κ1) is 29.1. The van der Waals surface area contributed by atoms with Crippen LogP contribution >= 0.6 is 0 Å². The van der Waals surface area contributed by atoms with Crippen molar-refractivity contribution >= 4 is 6.08 Å². The van der Waals surface area contributed by atoms with Crippen LogP contribution < -0.4 is 18.9 Å². The molecule has 4 unspecified atom stereocenters.